The van der Waals surface area contributed by atoms with Crippen molar-refractivity contribution < 1.29 is 0 Å². The van der Waals surface area contributed by atoms with E-state index in [0.717, 1.165) is 25.8 Å². The van der Waals surface area contributed by atoms with Gasteiger partial charge in [-0.2, -0.15) is 0 Å². The Balaban J connectivity index is 2.70. The van der Waals surface area contributed by atoms with Gasteiger partial charge in [0.15, 0.2) is 0 Å². The second kappa shape index (κ2) is 7.45. The summed E-state index contributed by atoms with van der Waals surface area (Å²) in [5.41, 5.74) is 2.57. The molecule has 0 fully saturated rings. The fourth-order valence-electron chi connectivity index (χ4n) is 1.36. The summed E-state index contributed by atoms with van der Waals surface area (Å²) in [5, 5.41) is 2.20. The van der Waals surface area contributed by atoms with E-state index in [2.05, 4.69) is 69.8 Å². The van der Waals surface area contributed by atoms with Crippen LogP contribution in [0.1, 0.15) is 32.3 Å². The quantitative estimate of drug-likeness (QED) is 0.557. The van der Waals surface area contributed by atoms with Crippen LogP contribution in [-0.4, -0.2) is 0 Å². The molecule has 0 spiro atoms. The van der Waals surface area contributed by atoms with Crippen LogP contribution in [-0.2, 0) is 0 Å². The van der Waals surface area contributed by atoms with Gasteiger partial charge < -0.3 is 0 Å². The van der Waals surface area contributed by atoms with E-state index >= 15 is 0 Å². The van der Waals surface area contributed by atoms with Crippen molar-refractivity contribution in [3.05, 3.63) is 50.3 Å². The number of benzene rings is 1. The zero-order valence-electron chi connectivity index (χ0n) is 10.1. The molecular formula is C14H16Br2S. The second-order valence-corrected chi connectivity index (χ2v) is 6.56. The Morgan fingerprint density at radius 1 is 1.35 bits per heavy atom. The van der Waals surface area contributed by atoms with Crippen molar-refractivity contribution in [1.29, 1.82) is 0 Å². The molecule has 1 aromatic carbocycles. The van der Waals surface area contributed by atoms with Crippen LogP contribution < -0.4 is 0 Å². The Morgan fingerprint density at radius 3 is 2.65 bits per heavy atom. The third-order valence-corrected chi connectivity index (χ3v) is 5.21. The van der Waals surface area contributed by atoms with E-state index in [9.17, 15) is 0 Å². The van der Waals surface area contributed by atoms with E-state index in [-0.39, 0.29) is 0 Å². The van der Waals surface area contributed by atoms with Gasteiger partial charge in [0.05, 0.1) is 0 Å². The summed E-state index contributed by atoms with van der Waals surface area (Å²) in [5.74, 6) is 0. The highest BCUT2D eigenvalue weighted by Crippen LogP contribution is 2.32. The molecule has 0 radical (unpaired) electrons. The Kier molecular flexibility index (Phi) is 6.60. The van der Waals surface area contributed by atoms with Crippen molar-refractivity contribution in [2.45, 2.75) is 26.7 Å². The summed E-state index contributed by atoms with van der Waals surface area (Å²) in [4.78, 5) is 1.08. The van der Waals surface area contributed by atoms with Crippen molar-refractivity contribution in [1.82, 2.24) is 0 Å². The Morgan fingerprint density at radius 2 is 2.06 bits per heavy atom. The van der Waals surface area contributed by atoms with Gasteiger partial charge in [-0.05, 0) is 68.3 Å². The van der Waals surface area contributed by atoms with Crippen molar-refractivity contribution in [3.8, 4) is 0 Å². The highest BCUT2D eigenvalue weighted by molar-refractivity contribution is 9.13. The molecule has 0 unspecified atom stereocenters. The number of rotatable bonds is 5. The van der Waals surface area contributed by atoms with Crippen LogP contribution in [0.4, 0.5) is 0 Å². The summed E-state index contributed by atoms with van der Waals surface area (Å²) in [6, 6.07) is 6.20. The highest BCUT2D eigenvalue weighted by atomic mass is 79.9. The summed E-state index contributed by atoms with van der Waals surface area (Å²) in [7, 11) is 0. The van der Waals surface area contributed by atoms with Gasteiger partial charge in [0, 0.05) is 13.9 Å². The fourth-order valence-corrected chi connectivity index (χ4v) is 2.71. The van der Waals surface area contributed by atoms with Crippen molar-refractivity contribution in [3.63, 3.8) is 0 Å². The summed E-state index contributed by atoms with van der Waals surface area (Å²) in [6.07, 6.45) is 2.35. The first-order valence-corrected chi connectivity index (χ1v) is 7.97. The predicted molar refractivity (Wildman–Crippen MR) is 87.1 cm³/mol. The normalized spacial score (nSPS) is 11.6. The maximum atomic E-state index is 4.11. The molecule has 3 heteroatoms. The van der Waals surface area contributed by atoms with Gasteiger partial charge in [-0.15, -0.1) is 0 Å². The van der Waals surface area contributed by atoms with Crippen LogP contribution in [0.2, 0.25) is 0 Å². The second-order valence-electron chi connectivity index (χ2n) is 3.88. The van der Waals surface area contributed by atoms with Gasteiger partial charge in [-0.3, -0.25) is 0 Å². The third-order valence-electron chi connectivity index (χ3n) is 2.29. The number of hydrogen-bond acceptors (Lipinski definition) is 1. The molecule has 1 aromatic rings. The van der Waals surface area contributed by atoms with Crippen LogP contribution in [0.5, 0.6) is 0 Å². The lowest BCUT2D eigenvalue weighted by atomic mass is 10.2. The standard InChI is InChI=1S/C14H16Br2S/c1-4-5-10(2)9-17-11(3)12-6-7-13(15)14(16)8-12/h6-9H,3-5H2,1-2H3/b10-9-. The van der Waals surface area contributed by atoms with Gasteiger partial charge in [0.1, 0.15) is 0 Å². The molecule has 0 heterocycles. The molecule has 0 aliphatic carbocycles. The van der Waals surface area contributed by atoms with Gasteiger partial charge in [0.25, 0.3) is 0 Å². The van der Waals surface area contributed by atoms with Crippen LogP contribution >= 0.6 is 43.6 Å². The maximum absolute atomic E-state index is 4.11. The molecule has 0 saturated carbocycles. The van der Waals surface area contributed by atoms with E-state index < -0.39 is 0 Å². The Labute approximate surface area is 125 Å². The van der Waals surface area contributed by atoms with Crippen molar-refractivity contribution in [2.75, 3.05) is 0 Å². The molecule has 92 valence electrons. The monoisotopic (exact) mass is 374 g/mol. The van der Waals surface area contributed by atoms with E-state index in [1.807, 2.05) is 6.07 Å². The number of halogens is 2. The lowest BCUT2D eigenvalue weighted by Gasteiger charge is -2.05. The largest absolute Gasteiger partial charge is 0.0981 e. The fraction of sp³-hybridized carbons (Fsp3) is 0.286. The molecule has 0 amide bonds. The molecule has 0 N–H and O–H groups in total. The van der Waals surface area contributed by atoms with Crippen molar-refractivity contribution >= 4 is 48.5 Å². The average molecular weight is 376 g/mol. The first kappa shape index (κ1) is 15.1. The Hall–Kier alpha value is 0.01000. The Bertz CT molecular complexity index is 436. The molecule has 1 rings (SSSR count). The topological polar surface area (TPSA) is 0 Å². The van der Waals surface area contributed by atoms with E-state index in [1.165, 1.54) is 12.0 Å². The zero-order chi connectivity index (χ0) is 12.8. The number of hydrogen-bond donors (Lipinski definition) is 0. The molecule has 0 aliphatic heterocycles. The first-order chi connectivity index (χ1) is 8.04. The predicted octanol–water partition coefficient (Wildman–Crippen LogP) is 6.62. The van der Waals surface area contributed by atoms with E-state index in [0.29, 0.717) is 0 Å². The van der Waals surface area contributed by atoms with Crippen molar-refractivity contribution in [2.24, 2.45) is 0 Å². The molecule has 17 heavy (non-hydrogen) atoms. The van der Waals surface area contributed by atoms with E-state index in [1.54, 1.807) is 11.8 Å². The number of thioether (sulfide) groups is 1. The van der Waals surface area contributed by atoms with Crippen LogP contribution in [0, 0.1) is 0 Å². The third kappa shape index (κ3) is 5.02. The summed E-state index contributed by atoms with van der Waals surface area (Å²) < 4.78 is 2.13. The first-order valence-electron chi connectivity index (χ1n) is 5.51. The maximum Gasteiger partial charge on any atom is 0.0323 e. The molecule has 0 bridgehead atoms. The smallest absolute Gasteiger partial charge is 0.0323 e. The molecule has 0 nitrogen and oxygen atoms in total. The van der Waals surface area contributed by atoms with Crippen LogP contribution in [0.3, 0.4) is 0 Å². The van der Waals surface area contributed by atoms with Crippen LogP contribution in [0.25, 0.3) is 4.91 Å². The SMILES string of the molecule is C=C(S/C=C(/C)CCC)c1ccc(Br)c(Br)c1. The van der Waals surface area contributed by atoms with E-state index in [4.69, 9.17) is 0 Å². The molecular weight excluding hydrogens is 360 g/mol. The summed E-state index contributed by atoms with van der Waals surface area (Å²) >= 11 is 8.67. The zero-order valence-corrected chi connectivity index (χ0v) is 14.1. The number of allylic oxidation sites excluding steroid dienone is 1. The van der Waals surface area contributed by atoms with Gasteiger partial charge in [-0.1, -0.05) is 43.3 Å². The highest BCUT2D eigenvalue weighted by Gasteiger charge is 2.02. The molecule has 0 aromatic heterocycles. The van der Waals surface area contributed by atoms with Gasteiger partial charge in [0.2, 0.25) is 0 Å². The lowest BCUT2D eigenvalue weighted by molar-refractivity contribution is 0.908. The average Bonchev–Trinajstić information content (AvgIpc) is 2.30. The van der Waals surface area contributed by atoms with Crippen LogP contribution in [0.15, 0.2) is 44.7 Å². The molecule has 0 atom stereocenters. The molecule has 0 saturated heterocycles. The lowest BCUT2D eigenvalue weighted by Crippen LogP contribution is -1.79. The minimum atomic E-state index is 1.06. The van der Waals surface area contributed by atoms with Gasteiger partial charge in [-0.25, -0.2) is 0 Å². The summed E-state index contributed by atoms with van der Waals surface area (Å²) in [6.45, 7) is 8.48. The van der Waals surface area contributed by atoms with Gasteiger partial charge >= 0.3 is 0 Å². The minimum Gasteiger partial charge on any atom is -0.0981 e. The minimum absolute atomic E-state index is 1.06. The molecule has 0 aliphatic rings.